The average molecular weight is 191 g/mol. The minimum atomic E-state index is 0.734. The summed E-state index contributed by atoms with van der Waals surface area (Å²) in [6, 6.07) is 7.96. The molecule has 0 bridgehead atoms. The number of nitrogens with one attached hydrogen (secondary N) is 1. The zero-order chi connectivity index (χ0) is 10.2. The number of allylic oxidation sites excluding steroid dienone is 1. The highest BCUT2D eigenvalue weighted by molar-refractivity contribution is 5.47. The summed E-state index contributed by atoms with van der Waals surface area (Å²) < 4.78 is 5.56. The van der Waals surface area contributed by atoms with Gasteiger partial charge in [-0.15, -0.1) is 0 Å². The van der Waals surface area contributed by atoms with E-state index >= 15 is 0 Å². The monoisotopic (exact) mass is 191 g/mol. The van der Waals surface area contributed by atoms with Gasteiger partial charge >= 0.3 is 0 Å². The van der Waals surface area contributed by atoms with E-state index in [1.54, 1.807) is 0 Å². The molecule has 0 saturated heterocycles. The van der Waals surface area contributed by atoms with Crippen LogP contribution in [0.4, 0.5) is 5.69 Å². The molecule has 0 unspecified atom stereocenters. The SMILES string of the molecule is C/C=C/CCOc1cccc(NC)c1. The number of hydrogen-bond donors (Lipinski definition) is 1. The lowest BCUT2D eigenvalue weighted by Gasteiger charge is -2.06. The van der Waals surface area contributed by atoms with Crippen LogP contribution in [0.25, 0.3) is 0 Å². The molecular formula is C12H17NO. The molecule has 0 spiro atoms. The second kappa shape index (κ2) is 6.08. The highest BCUT2D eigenvalue weighted by Crippen LogP contribution is 2.16. The molecule has 0 radical (unpaired) electrons. The fourth-order valence-electron chi connectivity index (χ4n) is 1.15. The van der Waals surface area contributed by atoms with Crippen LogP contribution in [-0.4, -0.2) is 13.7 Å². The Morgan fingerprint density at radius 1 is 1.43 bits per heavy atom. The van der Waals surface area contributed by atoms with Crippen LogP contribution in [0, 0.1) is 0 Å². The number of ether oxygens (including phenoxy) is 1. The first-order chi connectivity index (χ1) is 6.86. The third-order valence-corrected chi connectivity index (χ3v) is 1.91. The Labute approximate surface area is 85.6 Å². The van der Waals surface area contributed by atoms with Crippen LogP contribution in [0.2, 0.25) is 0 Å². The Kier molecular flexibility index (Phi) is 4.62. The maximum absolute atomic E-state index is 5.56. The maximum atomic E-state index is 5.56. The molecule has 0 aliphatic heterocycles. The summed E-state index contributed by atoms with van der Waals surface area (Å²) in [7, 11) is 1.90. The van der Waals surface area contributed by atoms with Gasteiger partial charge in [-0.2, -0.15) is 0 Å². The molecule has 14 heavy (non-hydrogen) atoms. The van der Waals surface area contributed by atoms with Crippen molar-refractivity contribution in [3.05, 3.63) is 36.4 Å². The average Bonchev–Trinajstić information content (AvgIpc) is 2.25. The summed E-state index contributed by atoms with van der Waals surface area (Å²) in [6.07, 6.45) is 5.09. The van der Waals surface area contributed by atoms with Crippen LogP contribution >= 0.6 is 0 Å². The van der Waals surface area contributed by atoms with Gasteiger partial charge in [-0.05, 0) is 25.5 Å². The van der Waals surface area contributed by atoms with Crippen molar-refractivity contribution in [3.8, 4) is 5.75 Å². The van der Waals surface area contributed by atoms with E-state index in [4.69, 9.17) is 4.74 Å². The first-order valence-electron chi connectivity index (χ1n) is 4.88. The highest BCUT2D eigenvalue weighted by Gasteiger charge is 1.93. The third kappa shape index (κ3) is 3.52. The molecule has 0 heterocycles. The van der Waals surface area contributed by atoms with E-state index in [9.17, 15) is 0 Å². The molecule has 1 N–H and O–H groups in total. The summed E-state index contributed by atoms with van der Waals surface area (Å²) >= 11 is 0. The van der Waals surface area contributed by atoms with Crippen LogP contribution in [-0.2, 0) is 0 Å². The van der Waals surface area contributed by atoms with Crippen LogP contribution in [0.3, 0.4) is 0 Å². The van der Waals surface area contributed by atoms with Gasteiger partial charge in [0.05, 0.1) is 6.61 Å². The summed E-state index contributed by atoms with van der Waals surface area (Å²) in [5.41, 5.74) is 1.08. The van der Waals surface area contributed by atoms with Gasteiger partial charge in [-0.25, -0.2) is 0 Å². The van der Waals surface area contributed by atoms with Crippen LogP contribution in [0.5, 0.6) is 5.75 Å². The minimum absolute atomic E-state index is 0.734. The molecule has 2 heteroatoms. The lowest BCUT2D eigenvalue weighted by molar-refractivity contribution is 0.325. The Bertz CT molecular complexity index is 294. The topological polar surface area (TPSA) is 21.3 Å². The van der Waals surface area contributed by atoms with Gasteiger partial charge in [-0.3, -0.25) is 0 Å². The molecule has 0 aliphatic carbocycles. The van der Waals surface area contributed by atoms with E-state index in [1.807, 2.05) is 44.3 Å². The van der Waals surface area contributed by atoms with E-state index in [1.165, 1.54) is 0 Å². The number of anilines is 1. The van der Waals surface area contributed by atoms with Crippen molar-refractivity contribution in [1.29, 1.82) is 0 Å². The van der Waals surface area contributed by atoms with E-state index < -0.39 is 0 Å². The Balaban J connectivity index is 2.42. The largest absolute Gasteiger partial charge is 0.493 e. The molecule has 1 aromatic carbocycles. The van der Waals surface area contributed by atoms with Crippen LogP contribution < -0.4 is 10.1 Å². The van der Waals surface area contributed by atoms with Crippen molar-refractivity contribution in [3.63, 3.8) is 0 Å². The van der Waals surface area contributed by atoms with E-state index in [0.29, 0.717) is 0 Å². The maximum Gasteiger partial charge on any atom is 0.121 e. The first kappa shape index (κ1) is 10.6. The fourth-order valence-corrected chi connectivity index (χ4v) is 1.15. The quantitative estimate of drug-likeness (QED) is 0.570. The zero-order valence-electron chi connectivity index (χ0n) is 8.79. The second-order valence-corrected chi connectivity index (χ2v) is 2.98. The molecule has 0 saturated carbocycles. The van der Waals surface area contributed by atoms with Crippen molar-refractivity contribution >= 4 is 5.69 Å². The summed E-state index contributed by atoms with van der Waals surface area (Å²) in [5, 5.41) is 3.07. The highest BCUT2D eigenvalue weighted by atomic mass is 16.5. The standard InChI is InChI=1S/C12H17NO/c1-3-4-5-9-14-12-8-6-7-11(10-12)13-2/h3-4,6-8,10,13H,5,9H2,1-2H3/b4-3+. The number of rotatable bonds is 5. The van der Waals surface area contributed by atoms with Gasteiger partial charge in [0.2, 0.25) is 0 Å². The van der Waals surface area contributed by atoms with Crippen LogP contribution in [0.1, 0.15) is 13.3 Å². The van der Waals surface area contributed by atoms with Gasteiger partial charge in [0.1, 0.15) is 5.75 Å². The van der Waals surface area contributed by atoms with Crippen molar-refractivity contribution in [1.82, 2.24) is 0 Å². The smallest absolute Gasteiger partial charge is 0.121 e. The summed E-state index contributed by atoms with van der Waals surface area (Å²) in [5.74, 6) is 0.918. The Hall–Kier alpha value is -1.44. The van der Waals surface area contributed by atoms with Crippen LogP contribution in [0.15, 0.2) is 36.4 Å². The fraction of sp³-hybridized carbons (Fsp3) is 0.333. The molecule has 0 aliphatic rings. The van der Waals surface area contributed by atoms with Gasteiger partial charge in [0.15, 0.2) is 0 Å². The van der Waals surface area contributed by atoms with Crippen molar-refractivity contribution in [2.75, 3.05) is 19.0 Å². The van der Waals surface area contributed by atoms with Crippen molar-refractivity contribution in [2.45, 2.75) is 13.3 Å². The van der Waals surface area contributed by atoms with Gasteiger partial charge in [-0.1, -0.05) is 18.2 Å². The molecule has 0 atom stereocenters. The molecule has 76 valence electrons. The molecular weight excluding hydrogens is 174 g/mol. The predicted octanol–water partition coefficient (Wildman–Crippen LogP) is 3.07. The summed E-state index contributed by atoms with van der Waals surface area (Å²) in [4.78, 5) is 0. The minimum Gasteiger partial charge on any atom is -0.493 e. The predicted molar refractivity (Wildman–Crippen MR) is 60.9 cm³/mol. The first-order valence-corrected chi connectivity index (χ1v) is 4.88. The lowest BCUT2D eigenvalue weighted by atomic mass is 10.3. The van der Waals surface area contributed by atoms with E-state index in [2.05, 4.69) is 11.4 Å². The normalized spacial score (nSPS) is 10.4. The van der Waals surface area contributed by atoms with Gasteiger partial charge in [0, 0.05) is 18.8 Å². The van der Waals surface area contributed by atoms with Gasteiger partial charge < -0.3 is 10.1 Å². The third-order valence-electron chi connectivity index (χ3n) is 1.91. The van der Waals surface area contributed by atoms with Crippen molar-refractivity contribution < 1.29 is 4.74 Å². The van der Waals surface area contributed by atoms with E-state index in [-0.39, 0.29) is 0 Å². The molecule has 0 fully saturated rings. The Morgan fingerprint density at radius 3 is 3.00 bits per heavy atom. The molecule has 2 nitrogen and oxygen atoms in total. The van der Waals surface area contributed by atoms with Gasteiger partial charge in [0.25, 0.3) is 0 Å². The molecule has 0 aromatic heterocycles. The number of hydrogen-bond acceptors (Lipinski definition) is 2. The molecule has 0 amide bonds. The lowest BCUT2D eigenvalue weighted by Crippen LogP contribution is -1.96. The molecule has 1 aromatic rings. The summed E-state index contributed by atoms with van der Waals surface area (Å²) in [6.45, 7) is 2.75. The van der Waals surface area contributed by atoms with Crippen molar-refractivity contribution in [2.24, 2.45) is 0 Å². The second-order valence-electron chi connectivity index (χ2n) is 2.98. The molecule has 1 rings (SSSR count). The number of benzene rings is 1. The van der Waals surface area contributed by atoms with E-state index in [0.717, 1.165) is 24.5 Å². The Morgan fingerprint density at radius 2 is 2.29 bits per heavy atom. The zero-order valence-corrected chi connectivity index (χ0v) is 8.79.